The summed E-state index contributed by atoms with van der Waals surface area (Å²) in [4.78, 5) is 23.2. The number of nitrogens with one attached hydrogen (secondary N) is 1. The molecule has 0 saturated carbocycles. The molecular weight excluding hydrogens is 318 g/mol. The Bertz CT molecular complexity index is 771. The quantitative estimate of drug-likeness (QED) is 0.819. The minimum Gasteiger partial charge on any atom is -0.496 e. The van der Waals surface area contributed by atoms with Crippen molar-refractivity contribution in [1.29, 1.82) is 0 Å². The van der Waals surface area contributed by atoms with E-state index in [1.165, 1.54) is 24.3 Å². The third kappa shape index (κ3) is 4.34. The molecule has 1 amide bonds. The summed E-state index contributed by atoms with van der Waals surface area (Å²) in [7, 11) is 1.54. The summed E-state index contributed by atoms with van der Waals surface area (Å²) in [5.41, 5.74) is 0.841. The van der Waals surface area contributed by atoms with Gasteiger partial charge in [0.2, 0.25) is 5.91 Å². The second-order valence-electron chi connectivity index (χ2n) is 4.56. The van der Waals surface area contributed by atoms with Crippen molar-refractivity contribution in [2.45, 2.75) is 0 Å². The van der Waals surface area contributed by atoms with Crippen LogP contribution in [-0.2, 0) is 4.79 Å². The van der Waals surface area contributed by atoms with E-state index in [2.05, 4.69) is 5.32 Å². The molecule has 0 heterocycles. The molecule has 5 nitrogen and oxygen atoms in total. The van der Waals surface area contributed by atoms with Crippen LogP contribution in [0.5, 0.6) is 5.75 Å². The van der Waals surface area contributed by atoms with Crippen LogP contribution in [0, 0.1) is 0 Å². The maximum absolute atomic E-state index is 12.0. The minimum absolute atomic E-state index is 0.0726. The molecule has 0 aliphatic carbocycles. The number of hydrogen-bond acceptors (Lipinski definition) is 3. The van der Waals surface area contributed by atoms with E-state index >= 15 is 0 Å². The molecule has 0 aliphatic rings. The Morgan fingerprint density at radius 3 is 2.65 bits per heavy atom. The van der Waals surface area contributed by atoms with Gasteiger partial charge in [-0.3, -0.25) is 4.79 Å². The van der Waals surface area contributed by atoms with E-state index in [4.69, 9.17) is 21.4 Å². The highest BCUT2D eigenvalue weighted by Gasteiger charge is 2.12. The topological polar surface area (TPSA) is 75.6 Å². The number of halogens is 1. The summed E-state index contributed by atoms with van der Waals surface area (Å²) in [6.07, 6.45) is 2.89. The van der Waals surface area contributed by atoms with Gasteiger partial charge < -0.3 is 15.2 Å². The van der Waals surface area contributed by atoms with Crippen molar-refractivity contribution < 1.29 is 19.4 Å². The van der Waals surface area contributed by atoms with E-state index in [0.29, 0.717) is 5.75 Å². The molecular formula is C17H14ClNO4. The number of hydrogen-bond donors (Lipinski definition) is 2. The Kier molecular flexibility index (Phi) is 5.38. The van der Waals surface area contributed by atoms with Crippen LogP contribution >= 0.6 is 11.6 Å². The zero-order valence-corrected chi connectivity index (χ0v) is 13.0. The van der Waals surface area contributed by atoms with Gasteiger partial charge in [-0.1, -0.05) is 29.8 Å². The smallest absolute Gasteiger partial charge is 0.337 e. The summed E-state index contributed by atoms with van der Waals surface area (Å²) < 4.78 is 5.18. The number of methoxy groups -OCH3 is 1. The van der Waals surface area contributed by atoms with E-state index in [9.17, 15) is 9.59 Å². The number of anilines is 1. The molecule has 2 aromatic rings. The molecule has 0 spiro atoms. The number of para-hydroxylation sites is 1. The molecule has 0 aliphatic heterocycles. The third-order valence-electron chi connectivity index (χ3n) is 3.02. The molecule has 0 saturated heterocycles. The maximum Gasteiger partial charge on any atom is 0.337 e. The van der Waals surface area contributed by atoms with Gasteiger partial charge in [-0.2, -0.15) is 0 Å². The Balaban J connectivity index is 2.17. The number of carbonyl (C=O) groups is 2. The molecule has 2 N–H and O–H groups in total. The van der Waals surface area contributed by atoms with Crippen LogP contribution in [0.3, 0.4) is 0 Å². The number of ether oxygens (including phenoxy) is 1. The van der Waals surface area contributed by atoms with Crippen molar-refractivity contribution in [3.8, 4) is 5.75 Å². The van der Waals surface area contributed by atoms with Crippen molar-refractivity contribution in [1.82, 2.24) is 0 Å². The standard InChI is InChI=1S/C17H14ClNO4/c1-23-15-5-3-2-4-11(15)6-9-16(20)19-14-8-7-12(18)10-13(14)17(21)22/h2-10H,1H3,(H,19,20)(H,21,22)/b9-6+. The zero-order valence-electron chi connectivity index (χ0n) is 12.2. The molecule has 118 valence electrons. The van der Waals surface area contributed by atoms with Gasteiger partial charge in [0, 0.05) is 16.7 Å². The number of aromatic carboxylic acids is 1. The summed E-state index contributed by atoms with van der Waals surface area (Å²) in [5, 5.41) is 11.9. The summed E-state index contributed by atoms with van der Waals surface area (Å²) in [5.74, 6) is -0.994. The fourth-order valence-corrected chi connectivity index (χ4v) is 2.12. The molecule has 0 bridgehead atoms. The highest BCUT2D eigenvalue weighted by molar-refractivity contribution is 6.31. The van der Waals surface area contributed by atoms with Crippen LogP contribution in [0.25, 0.3) is 6.08 Å². The number of rotatable bonds is 5. The van der Waals surface area contributed by atoms with E-state index in [0.717, 1.165) is 5.56 Å². The second kappa shape index (κ2) is 7.47. The summed E-state index contributed by atoms with van der Waals surface area (Å²) in [6.45, 7) is 0. The first-order chi connectivity index (χ1) is 11.0. The average molecular weight is 332 g/mol. The van der Waals surface area contributed by atoms with E-state index < -0.39 is 11.9 Å². The predicted molar refractivity (Wildman–Crippen MR) is 89.1 cm³/mol. The lowest BCUT2D eigenvalue weighted by atomic mass is 10.1. The van der Waals surface area contributed by atoms with E-state index in [1.54, 1.807) is 25.3 Å². The number of carboxylic acid groups (broad SMARTS) is 1. The zero-order chi connectivity index (χ0) is 16.8. The highest BCUT2D eigenvalue weighted by atomic mass is 35.5. The van der Waals surface area contributed by atoms with Gasteiger partial charge in [0.25, 0.3) is 0 Å². The van der Waals surface area contributed by atoms with Gasteiger partial charge in [-0.25, -0.2) is 4.79 Å². The summed E-state index contributed by atoms with van der Waals surface area (Å²) in [6, 6.07) is 11.5. The molecule has 2 rings (SSSR count). The number of amides is 1. The summed E-state index contributed by atoms with van der Waals surface area (Å²) >= 11 is 5.77. The largest absolute Gasteiger partial charge is 0.496 e. The average Bonchev–Trinajstić information content (AvgIpc) is 2.54. The molecule has 2 aromatic carbocycles. The van der Waals surface area contributed by atoms with Gasteiger partial charge in [-0.05, 0) is 30.3 Å². The lowest BCUT2D eigenvalue weighted by Crippen LogP contribution is -2.12. The lowest BCUT2D eigenvalue weighted by Gasteiger charge is -2.07. The molecule has 0 fully saturated rings. The minimum atomic E-state index is -1.17. The molecule has 0 atom stereocenters. The fraction of sp³-hybridized carbons (Fsp3) is 0.0588. The molecule has 23 heavy (non-hydrogen) atoms. The molecule has 0 radical (unpaired) electrons. The Morgan fingerprint density at radius 2 is 1.96 bits per heavy atom. The molecule has 0 aromatic heterocycles. The molecule has 6 heteroatoms. The van der Waals surface area contributed by atoms with Crippen LogP contribution < -0.4 is 10.1 Å². The fourth-order valence-electron chi connectivity index (χ4n) is 1.95. The van der Waals surface area contributed by atoms with Gasteiger partial charge in [0.15, 0.2) is 0 Å². The van der Waals surface area contributed by atoms with Crippen molar-refractivity contribution in [3.05, 3.63) is 64.7 Å². The third-order valence-corrected chi connectivity index (χ3v) is 3.26. The lowest BCUT2D eigenvalue weighted by molar-refractivity contribution is -0.111. The first kappa shape index (κ1) is 16.6. The second-order valence-corrected chi connectivity index (χ2v) is 5.00. The Hall–Kier alpha value is -2.79. The van der Waals surface area contributed by atoms with Crippen LogP contribution in [0.2, 0.25) is 5.02 Å². The predicted octanol–water partition coefficient (Wildman–Crippen LogP) is 3.70. The van der Waals surface area contributed by atoms with Crippen molar-refractivity contribution >= 4 is 35.2 Å². The van der Waals surface area contributed by atoms with Gasteiger partial charge in [0.05, 0.1) is 18.4 Å². The first-order valence-corrected chi connectivity index (χ1v) is 7.04. The van der Waals surface area contributed by atoms with Crippen LogP contribution in [0.4, 0.5) is 5.69 Å². The van der Waals surface area contributed by atoms with E-state index in [-0.39, 0.29) is 16.3 Å². The maximum atomic E-state index is 12.0. The van der Waals surface area contributed by atoms with Gasteiger partial charge in [-0.15, -0.1) is 0 Å². The van der Waals surface area contributed by atoms with Crippen molar-refractivity contribution in [3.63, 3.8) is 0 Å². The SMILES string of the molecule is COc1ccccc1/C=C/C(=O)Nc1ccc(Cl)cc1C(=O)O. The number of benzene rings is 2. The van der Waals surface area contributed by atoms with Crippen LogP contribution in [0.15, 0.2) is 48.5 Å². The number of carboxylic acids is 1. The van der Waals surface area contributed by atoms with E-state index in [1.807, 2.05) is 12.1 Å². The first-order valence-electron chi connectivity index (χ1n) is 6.66. The molecule has 0 unspecified atom stereocenters. The number of carbonyl (C=O) groups excluding carboxylic acids is 1. The van der Waals surface area contributed by atoms with Crippen LogP contribution in [0.1, 0.15) is 15.9 Å². The normalized spacial score (nSPS) is 10.5. The van der Waals surface area contributed by atoms with Crippen molar-refractivity contribution in [2.24, 2.45) is 0 Å². The highest BCUT2D eigenvalue weighted by Crippen LogP contribution is 2.21. The van der Waals surface area contributed by atoms with Crippen LogP contribution in [-0.4, -0.2) is 24.1 Å². The van der Waals surface area contributed by atoms with Gasteiger partial charge in [0.1, 0.15) is 5.75 Å². The monoisotopic (exact) mass is 331 g/mol. The van der Waals surface area contributed by atoms with Gasteiger partial charge >= 0.3 is 5.97 Å². The Morgan fingerprint density at radius 1 is 1.22 bits per heavy atom. The Labute approximate surface area is 138 Å². The van der Waals surface area contributed by atoms with Crippen molar-refractivity contribution in [2.75, 3.05) is 12.4 Å².